The monoisotopic (exact) mass is 347 g/mol. The van der Waals surface area contributed by atoms with Crippen LogP contribution in [0, 0.1) is 0 Å². The lowest BCUT2D eigenvalue weighted by molar-refractivity contribution is -0.131. The Morgan fingerprint density at radius 1 is 1.04 bits per heavy atom. The number of amides is 1. The lowest BCUT2D eigenvalue weighted by Crippen LogP contribution is -2.46. The Kier molecular flexibility index (Phi) is 6.15. The highest BCUT2D eigenvalue weighted by atomic mass is 16.7. The third-order valence-corrected chi connectivity index (χ3v) is 5.07. The van der Waals surface area contributed by atoms with Gasteiger partial charge in [0.05, 0.1) is 0 Å². The molecule has 0 spiro atoms. The number of ether oxygens (including phenoxy) is 2. The Morgan fingerprint density at radius 3 is 2.44 bits per heavy atom. The number of piperazine rings is 1. The number of nitrogens with zero attached hydrogens (tertiary/aromatic N) is 3. The third kappa shape index (κ3) is 4.64. The average Bonchev–Trinajstić information content (AvgIpc) is 3.10. The first-order valence-corrected chi connectivity index (χ1v) is 9.30. The Balaban J connectivity index is 1.41. The van der Waals surface area contributed by atoms with Crippen LogP contribution in [0.3, 0.4) is 0 Å². The zero-order valence-corrected chi connectivity index (χ0v) is 15.4. The van der Waals surface area contributed by atoms with Crippen LogP contribution >= 0.6 is 0 Å². The molecule has 1 aromatic rings. The van der Waals surface area contributed by atoms with Crippen molar-refractivity contribution in [3.8, 4) is 11.5 Å². The van der Waals surface area contributed by atoms with E-state index in [1.54, 1.807) is 0 Å². The second-order valence-corrected chi connectivity index (χ2v) is 6.62. The fourth-order valence-corrected chi connectivity index (χ4v) is 3.46. The Hall–Kier alpha value is -1.79. The molecule has 3 rings (SSSR count). The van der Waals surface area contributed by atoms with Gasteiger partial charge in [-0.1, -0.05) is 6.07 Å². The predicted octanol–water partition coefficient (Wildman–Crippen LogP) is 1.79. The van der Waals surface area contributed by atoms with E-state index in [-0.39, 0.29) is 5.91 Å². The number of hydrogen-bond acceptors (Lipinski definition) is 5. The van der Waals surface area contributed by atoms with E-state index in [1.807, 2.05) is 24.8 Å². The number of rotatable bonds is 7. The van der Waals surface area contributed by atoms with E-state index in [9.17, 15) is 4.79 Å². The highest BCUT2D eigenvalue weighted by Gasteiger charge is 2.20. The molecular formula is C19H29N3O3. The Morgan fingerprint density at radius 2 is 1.72 bits per heavy atom. The van der Waals surface area contributed by atoms with Crippen LogP contribution in [0.2, 0.25) is 0 Å². The zero-order chi connectivity index (χ0) is 17.6. The van der Waals surface area contributed by atoms with Crippen LogP contribution in [-0.2, 0) is 11.3 Å². The molecule has 2 aliphatic heterocycles. The molecule has 0 radical (unpaired) electrons. The van der Waals surface area contributed by atoms with Crippen molar-refractivity contribution in [2.75, 3.05) is 52.6 Å². The fourth-order valence-electron chi connectivity index (χ4n) is 3.46. The second kappa shape index (κ2) is 8.54. The normalized spacial score (nSPS) is 17.7. The molecule has 25 heavy (non-hydrogen) atoms. The SMILES string of the molecule is CCN(CC)C(=O)CCN1CCN(Cc2ccc3c(c2)OCO3)CC1. The highest BCUT2D eigenvalue weighted by Crippen LogP contribution is 2.32. The molecule has 2 heterocycles. The van der Waals surface area contributed by atoms with Crippen molar-refractivity contribution < 1.29 is 14.3 Å². The second-order valence-electron chi connectivity index (χ2n) is 6.62. The van der Waals surface area contributed by atoms with Crippen molar-refractivity contribution >= 4 is 5.91 Å². The van der Waals surface area contributed by atoms with Crippen LogP contribution in [-0.4, -0.2) is 73.2 Å². The van der Waals surface area contributed by atoms with Crippen LogP contribution in [0.25, 0.3) is 0 Å². The molecule has 0 aromatic heterocycles. The molecule has 6 heteroatoms. The lowest BCUT2D eigenvalue weighted by atomic mass is 10.1. The van der Waals surface area contributed by atoms with Crippen molar-refractivity contribution in [2.24, 2.45) is 0 Å². The van der Waals surface area contributed by atoms with Crippen LogP contribution in [0.15, 0.2) is 18.2 Å². The zero-order valence-electron chi connectivity index (χ0n) is 15.4. The summed E-state index contributed by atoms with van der Waals surface area (Å²) in [6.07, 6.45) is 0.629. The van der Waals surface area contributed by atoms with E-state index in [2.05, 4.69) is 21.9 Å². The minimum atomic E-state index is 0.271. The summed E-state index contributed by atoms with van der Waals surface area (Å²) in [6.45, 7) is 11.9. The number of carbonyl (C=O) groups excluding carboxylic acids is 1. The van der Waals surface area contributed by atoms with Gasteiger partial charge in [0.1, 0.15) is 0 Å². The number of fused-ring (bicyclic) bond motifs is 1. The summed E-state index contributed by atoms with van der Waals surface area (Å²) in [5, 5.41) is 0. The molecule has 0 unspecified atom stereocenters. The summed E-state index contributed by atoms with van der Waals surface area (Å²) >= 11 is 0. The summed E-state index contributed by atoms with van der Waals surface area (Å²) < 4.78 is 10.8. The molecule has 1 saturated heterocycles. The smallest absolute Gasteiger partial charge is 0.231 e. The van der Waals surface area contributed by atoms with Crippen molar-refractivity contribution in [1.82, 2.24) is 14.7 Å². The number of hydrogen-bond donors (Lipinski definition) is 0. The van der Waals surface area contributed by atoms with Crippen LogP contribution in [0.4, 0.5) is 0 Å². The first kappa shape index (κ1) is 18.0. The Labute approximate surface area is 150 Å². The molecule has 0 saturated carbocycles. The third-order valence-electron chi connectivity index (χ3n) is 5.07. The van der Waals surface area contributed by atoms with Gasteiger partial charge in [0.2, 0.25) is 12.7 Å². The quantitative estimate of drug-likeness (QED) is 0.752. The maximum atomic E-state index is 12.1. The number of carbonyl (C=O) groups is 1. The lowest BCUT2D eigenvalue weighted by Gasteiger charge is -2.35. The largest absolute Gasteiger partial charge is 0.454 e. The van der Waals surface area contributed by atoms with Gasteiger partial charge in [-0.25, -0.2) is 0 Å². The summed E-state index contributed by atoms with van der Waals surface area (Å²) in [5.74, 6) is 1.96. The maximum Gasteiger partial charge on any atom is 0.231 e. The molecule has 0 aliphatic carbocycles. The molecular weight excluding hydrogens is 318 g/mol. The van der Waals surface area contributed by atoms with Crippen LogP contribution < -0.4 is 9.47 Å². The van der Waals surface area contributed by atoms with Gasteiger partial charge in [0.15, 0.2) is 11.5 Å². The van der Waals surface area contributed by atoms with E-state index in [0.29, 0.717) is 13.2 Å². The van der Waals surface area contributed by atoms with E-state index < -0.39 is 0 Å². The predicted molar refractivity (Wildman–Crippen MR) is 96.8 cm³/mol. The molecule has 0 bridgehead atoms. The van der Waals surface area contributed by atoms with E-state index in [4.69, 9.17) is 9.47 Å². The van der Waals surface area contributed by atoms with Gasteiger partial charge in [-0.05, 0) is 31.5 Å². The minimum absolute atomic E-state index is 0.271. The molecule has 1 amide bonds. The van der Waals surface area contributed by atoms with Gasteiger partial charge < -0.3 is 19.3 Å². The van der Waals surface area contributed by atoms with Crippen molar-refractivity contribution in [3.63, 3.8) is 0 Å². The number of benzene rings is 1. The standard InChI is InChI=1S/C19H29N3O3/c1-3-22(4-2)19(23)7-8-20-9-11-21(12-10-20)14-16-5-6-17-18(13-16)25-15-24-17/h5-6,13H,3-4,7-12,14-15H2,1-2H3. The van der Waals surface area contributed by atoms with Crippen LogP contribution in [0.5, 0.6) is 11.5 Å². The Bertz CT molecular complexity index is 581. The summed E-state index contributed by atoms with van der Waals surface area (Å²) in [7, 11) is 0. The topological polar surface area (TPSA) is 45.3 Å². The molecule has 0 N–H and O–H groups in total. The van der Waals surface area contributed by atoms with Gasteiger partial charge in [0, 0.05) is 58.8 Å². The van der Waals surface area contributed by atoms with Gasteiger partial charge in [0.25, 0.3) is 0 Å². The summed E-state index contributed by atoms with van der Waals surface area (Å²) in [5.41, 5.74) is 1.26. The summed E-state index contributed by atoms with van der Waals surface area (Å²) in [6, 6.07) is 6.19. The molecule has 0 atom stereocenters. The maximum absolute atomic E-state index is 12.1. The van der Waals surface area contributed by atoms with Crippen molar-refractivity contribution in [2.45, 2.75) is 26.8 Å². The van der Waals surface area contributed by atoms with Crippen molar-refractivity contribution in [3.05, 3.63) is 23.8 Å². The van der Waals surface area contributed by atoms with Gasteiger partial charge in [-0.15, -0.1) is 0 Å². The van der Waals surface area contributed by atoms with E-state index in [1.165, 1.54) is 5.56 Å². The van der Waals surface area contributed by atoms with E-state index in [0.717, 1.165) is 63.9 Å². The fraction of sp³-hybridized carbons (Fsp3) is 0.632. The van der Waals surface area contributed by atoms with Gasteiger partial charge >= 0.3 is 0 Å². The highest BCUT2D eigenvalue weighted by molar-refractivity contribution is 5.76. The molecule has 1 aromatic carbocycles. The van der Waals surface area contributed by atoms with Gasteiger partial charge in [-0.3, -0.25) is 9.69 Å². The first-order valence-electron chi connectivity index (χ1n) is 9.30. The van der Waals surface area contributed by atoms with Crippen molar-refractivity contribution in [1.29, 1.82) is 0 Å². The molecule has 1 fully saturated rings. The molecule has 6 nitrogen and oxygen atoms in total. The van der Waals surface area contributed by atoms with E-state index >= 15 is 0 Å². The summed E-state index contributed by atoms with van der Waals surface area (Å²) in [4.78, 5) is 18.9. The van der Waals surface area contributed by atoms with Gasteiger partial charge in [-0.2, -0.15) is 0 Å². The van der Waals surface area contributed by atoms with Crippen LogP contribution in [0.1, 0.15) is 25.8 Å². The molecule has 2 aliphatic rings. The molecule has 138 valence electrons. The average molecular weight is 347 g/mol. The minimum Gasteiger partial charge on any atom is -0.454 e. The first-order chi connectivity index (χ1) is 12.2.